The van der Waals surface area contributed by atoms with E-state index in [1.807, 2.05) is 0 Å². The lowest BCUT2D eigenvalue weighted by Gasteiger charge is -2.20. The van der Waals surface area contributed by atoms with Gasteiger partial charge in [0.15, 0.2) is 0 Å². The number of carboxylic acid groups (broad SMARTS) is 1. The summed E-state index contributed by atoms with van der Waals surface area (Å²) in [5.74, 6) is -1.98. The van der Waals surface area contributed by atoms with Gasteiger partial charge in [-0.3, -0.25) is 19.2 Å². The summed E-state index contributed by atoms with van der Waals surface area (Å²) in [7, 11) is 1.32. The van der Waals surface area contributed by atoms with Gasteiger partial charge in [-0.1, -0.05) is 0 Å². The maximum absolute atomic E-state index is 12.8. The van der Waals surface area contributed by atoms with Crippen LogP contribution < -0.4 is 16.0 Å². The van der Waals surface area contributed by atoms with Crippen molar-refractivity contribution in [1.82, 2.24) is 16.0 Å². The second-order valence-electron chi connectivity index (χ2n) is 11.2. The van der Waals surface area contributed by atoms with Crippen LogP contribution in [-0.2, 0) is 57.1 Å². The number of aliphatic carboxylic acids is 1. The Morgan fingerprint density at radius 2 is 1.12 bits per heavy atom. The third-order valence-corrected chi connectivity index (χ3v) is 5.89. The van der Waals surface area contributed by atoms with Gasteiger partial charge in [-0.25, -0.2) is 4.79 Å². The highest BCUT2D eigenvalue weighted by Crippen LogP contribution is 2.07. The third-order valence-electron chi connectivity index (χ3n) is 5.89. The van der Waals surface area contributed by atoms with E-state index in [-0.39, 0.29) is 89.8 Å². The number of hydrogen-bond acceptors (Lipinski definition) is 13. The van der Waals surface area contributed by atoms with E-state index in [1.165, 1.54) is 7.11 Å². The monoisotopic (exact) mass is 695 g/mol. The van der Waals surface area contributed by atoms with Crippen LogP contribution in [0.4, 0.5) is 4.79 Å². The number of carboxylic acids is 1. The predicted molar refractivity (Wildman–Crippen MR) is 171 cm³/mol. The van der Waals surface area contributed by atoms with Crippen LogP contribution in [0.15, 0.2) is 0 Å². The zero-order valence-corrected chi connectivity index (χ0v) is 29.0. The molecule has 0 heterocycles. The van der Waals surface area contributed by atoms with E-state index in [2.05, 4.69) is 20.7 Å². The van der Waals surface area contributed by atoms with Gasteiger partial charge < -0.3 is 59.0 Å². The molecular weight excluding hydrogens is 638 g/mol. The van der Waals surface area contributed by atoms with Crippen LogP contribution in [0, 0.1) is 0 Å². The molecule has 0 aromatic heterocycles. The fourth-order valence-electron chi connectivity index (χ4n) is 3.55. The smallest absolute Gasteiger partial charge is 0.407 e. The summed E-state index contributed by atoms with van der Waals surface area (Å²) >= 11 is 0. The van der Waals surface area contributed by atoms with Gasteiger partial charge in [0, 0.05) is 19.5 Å². The Hall–Kier alpha value is -3.09. The van der Waals surface area contributed by atoms with E-state index in [0.29, 0.717) is 58.8 Å². The van der Waals surface area contributed by atoms with Gasteiger partial charge in [-0.2, -0.15) is 0 Å². The second-order valence-corrected chi connectivity index (χ2v) is 11.2. The molecule has 0 saturated heterocycles. The summed E-state index contributed by atoms with van der Waals surface area (Å²) in [4.78, 5) is 58.7. The number of rotatable bonds is 31. The summed E-state index contributed by atoms with van der Waals surface area (Å²) in [6, 6.07) is -0.792. The van der Waals surface area contributed by atoms with E-state index >= 15 is 0 Å². The Morgan fingerprint density at radius 3 is 1.65 bits per heavy atom. The molecule has 0 fully saturated rings. The number of carbonyl (C=O) groups is 5. The topological polar surface area (TPSA) is 216 Å². The molecule has 0 aliphatic rings. The van der Waals surface area contributed by atoms with Crippen molar-refractivity contribution in [3.63, 3.8) is 0 Å². The van der Waals surface area contributed by atoms with Crippen molar-refractivity contribution in [2.75, 3.05) is 99.5 Å². The Kier molecular flexibility index (Phi) is 28.1. The molecule has 0 aromatic carbocycles. The van der Waals surface area contributed by atoms with Gasteiger partial charge in [0.2, 0.25) is 11.8 Å². The number of nitrogens with one attached hydrogen (secondary N) is 3. The molecule has 0 spiro atoms. The molecule has 17 nitrogen and oxygen atoms in total. The minimum Gasteiger partial charge on any atom is -0.481 e. The van der Waals surface area contributed by atoms with Crippen molar-refractivity contribution < 1.29 is 67.0 Å². The fraction of sp³-hybridized carbons (Fsp3) is 0.839. The first-order valence-electron chi connectivity index (χ1n) is 16.2. The Bertz CT molecular complexity index is 885. The molecule has 0 saturated carbocycles. The molecule has 3 amide bonds. The lowest BCUT2D eigenvalue weighted by molar-refractivity contribution is -0.142. The largest absolute Gasteiger partial charge is 0.481 e. The molecule has 0 aromatic rings. The lowest BCUT2D eigenvalue weighted by atomic mass is 10.1. The van der Waals surface area contributed by atoms with Crippen LogP contribution in [0.3, 0.4) is 0 Å². The van der Waals surface area contributed by atoms with Gasteiger partial charge in [-0.15, -0.1) is 0 Å². The maximum Gasteiger partial charge on any atom is 0.407 e. The highest BCUT2D eigenvalue weighted by molar-refractivity contribution is 5.87. The summed E-state index contributed by atoms with van der Waals surface area (Å²) in [5.41, 5.74) is -0.605. The van der Waals surface area contributed by atoms with E-state index < -0.39 is 23.7 Å². The van der Waals surface area contributed by atoms with Gasteiger partial charge in [0.25, 0.3) is 0 Å². The third kappa shape index (κ3) is 31.5. The van der Waals surface area contributed by atoms with E-state index in [1.54, 1.807) is 20.8 Å². The zero-order valence-electron chi connectivity index (χ0n) is 29.0. The van der Waals surface area contributed by atoms with Crippen LogP contribution >= 0.6 is 0 Å². The second kappa shape index (κ2) is 30.0. The quantitative estimate of drug-likeness (QED) is 0.0584. The van der Waals surface area contributed by atoms with Crippen LogP contribution in [0.5, 0.6) is 0 Å². The zero-order chi connectivity index (χ0) is 35.9. The molecule has 280 valence electrons. The molecule has 1 atom stereocenters. The van der Waals surface area contributed by atoms with Crippen molar-refractivity contribution in [1.29, 1.82) is 0 Å². The van der Waals surface area contributed by atoms with Crippen LogP contribution in [0.1, 0.15) is 59.3 Å². The minimum atomic E-state index is -0.940. The summed E-state index contributed by atoms with van der Waals surface area (Å²) in [6.45, 7) is 9.16. The maximum atomic E-state index is 12.8. The summed E-state index contributed by atoms with van der Waals surface area (Å²) in [6.07, 6.45) is 1.11. The Labute approximate surface area is 283 Å². The SMILES string of the molecule is COC(=O)CCOCCOCCOCCOCCC(=O)NC(CCCCNC(=O)OC(C)(C)C)C(=O)NCCOCCOCCC(=O)O. The van der Waals surface area contributed by atoms with Crippen LogP contribution in [0.2, 0.25) is 0 Å². The average Bonchev–Trinajstić information content (AvgIpc) is 3.02. The van der Waals surface area contributed by atoms with Gasteiger partial charge in [0.05, 0.1) is 99.2 Å². The molecule has 4 N–H and O–H groups in total. The average molecular weight is 696 g/mol. The number of ether oxygens (including phenoxy) is 8. The van der Waals surface area contributed by atoms with Crippen molar-refractivity contribution >= 4 is 29.8 Å². The number of carbonyl (C=O) groups excluding carboxylic acids is 4. The number of alkyl carbamates (subject to hydrolysis) is 1. The predicted octanol–water partition coefficient (Wildman–Crippen LogP) is 0.810. The van der Waals surface area contributed by atoms with Crippen molar-refractivity contribution in [2.24, 2.45) is 0 Å². The van der Waals surface area contributed by atoms with Gasteiger partial charge >= 0.3 is 18.0 Å². The molecule has 1 unspecified atom stereocenters. The number of amides is 3. The fourth-order valence-corrected chi connectivity index (χ4v) is 3.55. The van der Waals surface area contributed by atoms with E-state index in [9.17, 15) is 24.0 Å². The molecule has 0 aliphatic heterocycles. The van der Waals surface area contributed by atoms with Gasteiger partial charge in [0.1, 0.15) is 11.6 Å². The van der Waals surface area contributed by atoms with Crippen molar-refractivity contribution in [3.8, 4) is 0 Å². The standard InChI is InChI=1S/C31H57N3O14/c1-31(2,3)48-30(40)33-11-6-5-7-25(29(39)32-12-16-45-20-17-43-14-9-27(36)37)34-26(35)8-13-42-18-21-46-23-24-47-22-19-44-15-10-28(38)41-4/h25H,5-24H2,1-4H3,(H,32,39)(H,33,40)(H,34,35)(H,36,37). The number of hydrogen-bond donors (Lipinski definition) is 4. The molecular formula is C31H57N3O14. The first-order chi connectivity index (χ1) is 22.9. The number of methoxy groups -OCH3 is 1. The van der Waals surface area contributed by atoms with E-state index in [4.69, 9.17) is 38.3 Å². The number of unbranched alkanes of at least 4 members (excludes halogenated alkanes) is 1. The van der Waals surface area contributed by atoms with Crippen LogP contribution in [0.25, 0.3) is 0 Å². The molecule has 0 rings (SSSR count). The van der Waals surface area contributed by atoms with Gasteiger partial charge in [-0.05, 0) is 40.0 Å². The first kappa shape index (κ1) is 44.9. The molecule has 0 radical (unpaired) electrons. The summed E-state index contributed by atoms with van der Waals surface area (Å²) < 4.78 is 41.8. The number of esters is 1. The van der Waals surface area contributed by atoms with Crippen LogP contribution in [-0.4, -0.2) is 146 Å². The Balaban J connectivity index is 4.27. The van der Waals surface area contributed by atoms with E-state index in [0.717, 1.165) is 0 Å². The molecule has 0 aliphatic carbocycles. The molecule has 0 bridgehead atoms. The first-order valence-corrected chi connectivity index (χ1v) is 16.2. The lowest BCUT2D eigenvalue weighted by Crippen LogP contribution is -2.47. The van der Waals surface area contributed by atoms with Crippen molar-refractivity contribution in [3.05, 3.63) is 0 Å². The highest BCUT2D eigenvalue weighted by atomic mass is 16.6. The molecule has 17 heteroatoms. The minimum absolute atomic E-state index is 0.0497. The van der Waals surface area contributed by atoms with Crippen molar-refractivity contribution in [2.45, 2.75) is 70.9 Å². The summed E-state index contributed by atoms with van der Waals surface area (Å²) in [5, 5.41) is 16.8. The molecule has 48 heavy (non-hydrogen) atoms. The normalized spacial score (nSPS) is 11.8. The Morgan fingerprint density at radius 1 is 0.625 bits per heavy atom. The highest BCUT2D eigenvalue weighted by Gasteiger charge is 2.20.